The van der Waals surface area contributed by atoms with E-state index in [-0.39, 0.29) is 4.90 Å². The number of ether oxygens (including phenoxy) is 1. The quantitative estimate of drug-likeness (QED) is 0.829. The molecule has 0 N–H and O–H groups in total. The van der Waals surface area contributed by atoms with E-state index >= 15 is 0 Å². The minimum atomic E-state index is -3.52. The van der Waals surface area contributed by atoms with E-state index in [2.05, 4.69) is 4.90 Å². The summed E-state index contributed by atoms with van der Waals surface area (Å²) in [7, 11) is -1.75. The lowest BCUT2D eigenvalue weighted by Gasteiger charge is -2.41. The van der Waals surface area contributed by atoms with E-state index in [1.807, 2.05) is 0 Å². The highest BCUT2D eigenvalue weighted by Gasteiger charge is 2.33. The second kappa shape index (κ2) is 7.47. The number of halogens is 1. The summed E-state index contributed by atoms with van der Waals surface area (Å²) < 4.78 is 45.2. The SMILES string of the molecule is COC1CCN(C2CCN(S(=O)(=O)c3ccc(F)cc3)CC2)CC1. The molecule has 0 aliphatic carbocycles. The highest BCUT2D eigenvalue weighted by molar-refractivity contribution is 7.89. The third kappa shape index (κ3) is 3.79. The molecule has 1 aromatic rings. The van der Waals surface area contributed by atoms with Gasteiger partial charge in [-0.25, -0.2) is 12.8 Å². The van der Waals surface area contributed by atoms with Crippen molar-refractivity contribution in [2.45, 2.75) is 42.7 Å². The summed E-state index contributed by atoms with van der Waals surface area (Å²) in [4.78, 5) is 2.64. The number of likely N-dealkylation sites (tertiary alicyclic amines) is 1. The summed E-state index contributed by atoms with van der Waals surface area (Å²) in [6.45, 7) is 3.09. The summed E-state index contributed by atoms with van der Waals surface area (Å²) >= 11 is 0. The fraction of sp³-hybridized carbons (Fsp3) is 0.647. The standard InChI is InChI=1S/C17H25FN2O3S/c1-23-16-8-10-19(11-9-16)15-6-12-20(13-7-15)24(21,22)17-4-2-14(18)3-5-17/h2-5,15-16H,6-13H2,1H3. The lowest BCUT2D eigenvalue weighted by Crippen LogP contribution is -2.49. The van der Waals surface area contributed by atoms with Crippen LogP contribution in [0.1, 0.15) is 25.7 Å². The fourth-order valence-electron chi connectivity index (χ4n) is 3.68. The van der Waals surface area contributed by atoms with Gasteiger partial charge in [-0.2, -0.15) is 4.31 Å². The molecule has 0 spiro atoms. The average molecular weight is 356 g/mol. The van der Waals surface area contributed by atoms with Crippen LogP contribution in [0.15, 0.2) is 29.2 Å². The molecule has 0 aromatic heterocycles. The van der Waals surface area contributed by atoms with E-state index < -0.39 is 15.8 Å². The Morgan fingerprint density at radius 2 is 1.58 bits per heavy atom. The molecule has 1 aromatic carbocycles. The molecular weight excluding hydrogens is 331 g/mol. The van der Waals surface area contributed by atoms with Crippen LogP contribution in [-0.2, 0) is 14.8 Å². The summed E-state index contributed by atoms with van der Waals surface area (Å²) in [6, 6.07) is 5.51. The van der Waals surface area contributed by atoms with E-state index in [1.54, 1.807) is 7.11 Å². The van der Waals surface area contributed by atoms with Gasteiger partial charge in [-0.05, 0) is 49.9 Å². The average Bonchev–Trinajstić information content (AvgIpc) is 2.62. The molecule has 2 aliphatic rings. The van der Waals surface area contributed by atoms with Crippen LogP contribution in [0.25, 0.3) is 0 Å². The minimum absolute atomic E-state index is 0.170. The number of piperidine rings is 2. The van der Waals surface area contributed by atoms with Crippen molar-refractivity contribution in [3.63, 3.8) is 0 Å². The topological polar surface area (TPSA) is 49.9 Å². The van der Waals surface area contributed by atoms with Gasteiger partial charge in [0, 0.05) is 39.3 Å². The van der Waals surface area contributed by atoms with Crippen LogP contribution in [0.4, 0.5) is 4.39 Å². The number of hydrogen-bond donors (Lipinski definition) is 0. The largest absolute Gasteiger partial charge is 0.381 e. The minimum Gasteiger partial charge on any atom is -0.381 e. The van der Waals surface area contributed by atoms with Crippen molar-refractivity contribution in [2.75, 3.05) is 33.3 Å². The monoisotopic (exact) mass is 356 g/mol. The molecule has 24 heavy (non-hydrogen) atoms. The first kappa shape index (κ1) is 17.8. The highest BCUT2D eigenvalue weighted by atomic mass is 32.2. The van der Waals surface area contributed by atoms with Gasteiger partial charge < -0.3 is 9.64 Å². The number of rotatable bonds is 4. The normalized spacial score (nSPS) is 22.8. The van der Waals surface area contributed by atoms with E-state index in [1.165, 1.54) is 28.6 Å². The molecule has 0 unspecified atom stereocenters. The van der Waals surface area contributed by atoms with Crippen LogP contribution in [-0.4, -0.2) is 63.1 Å². The first-order chi connectivity index (χ1) is 11.5. The van der Waals surface area contributed by atoms with E-state index in [4.69, 9.17) is 4.74 Å². The van der Waals surface area contributed by atoms with Gasteiger partial charge in [0.2, 0.25) is 10.0 Å². The summed E-state index contributed by atoms with van der Waals surface area (Å²) in [6.07, 6.45) is 4.14. The number of sulfonamides is 1. The van der Waals surface area contributed by atoms with Crippen molar-refractivity contribution in [3.05, 3.63) is 30.1 Å². The Bertz CT molecular complexity index is 634. The van der Waals surface area contributed by atoms with Gasteiger partial charge in [0.1, 0.15) is 5.82 Å². The molecule has 0 amide bonds. The molecule has 2 aliphatic heterocycles. The Morgan fingerprint density at radius 1 is 1.00 bits per heavy atom. The van der Waals surface area contributed by atoms with Gasteiger partial charge in [-0.15, -0.1) is 0 Å². The van der Waals surface area contributed by atoms with Crippen molar-refractivity contribution in [2.24, 2.45) is 0 Å². The molecule has 0 saturated carbocycles. The first-order valence-electron chi connectivity index (χ1n) is 8.53. The lowest BCUT2D eigenvalue weighted by molar-refractivity contribution is 0.0190. The van der Waals surface area contributed by atoms with Gasteiger partial charge in [0.25, 0.3) is 0 Å². The van der Waals surface area contributed by atoms with Gasteiger partial charge in [-0.1, -0.05) is 0 Å². The number of benzene rings is 1. The zero-order valence-electron chi connectivity index (χ0n) is 14.0. The molecule has 0 radical (unpaired) electrons. The summed E-state index contributed by atoms with van der Waals surface area (Å²) in [5.41, 5.74) is 0. The molecule has 134 valence electrons. The zero-order chi connectivity index (χ0) is 17.2. The molecule has 2 fully saturated rings. The van der Waals surface area contributed by atoms with Crippen molar-refractivity contribution in [3.8, 4) is 0 Å². The number of hydrogen-bond acceptors (Lipinski definition) is 4. The van der Waals surface area contributed by atoms with Gasteiger partial charge in [0.05, 0.1) is 11.0 Å². The first-order valence-corrected chi connectivity index (χ1v) is 9.97. The lowest BCUT2D eigenvalue weighted by atomic mass is 10.00. The second-order valence-corrected chi connectivity index (χ2v) is 8.50. The van der Waals surface area contributed by atoms with E-state index in [0.29, 0.717) is 25.2 Å². The van der Waals surface area contributed by atoms with Crippen LogP contribution >= 0.6 is 0 Å². The van der Waals surface area contributed by atoms with Crippen molar-refractivity contribution >= 4 is 10.0 Å². The third-order valence-corrected chi connectivity index (χ3v) is 7.11. The molecule has 5 nitrogen and oxygen atoms in total. The second-order valence-electron chi connectivity index (χ2n) is 6.56. The molecule has 7 heteroatoms. The molecule has 0 bridgehead atoms. The van der Waals surface area contributed by atoms with Crippen LogP contribution in [0.2, 0.25) is 0 Å². The van der Waals surface area contributed by atoms with Crippen molar-refractivity contribution in [1.29, 1.82) is 0 Å². The Kier molecular flexibility index (Phi) is 5.54. The number of methoxy groups -OCH3 is 1. The van der Waals surface area contributed by atoms with Gasteiger partial charge >= 0.3 is 0 Å². The van der Waals surface area contributed by atoms with Crippen molar-refractivity contribution in [1.82, 2.24) is 9.21 Å². The maximum atomic E-state index is 13.0. The van der Waals surface area contributed by atoms with Crippen LogP contribution in [0.5, 0.6) is 0 Å². The highest BCUT2D eigenvalue weighted by Crippen LogP contribution is 2.25. The zero-order valence-corrected chi connectivity index (χ0v) is 14.8. The van der Waals surface area contributed by atoms with E-state index in [9.17, 15) is 12.8 Å². The fourth-order valence-corrected chi connectivity index (χ4v) is 5.15. The van der Waals surface area contributed by atoms with Crippen LogP contribution < -0.4 is 0 Å². The van der Waals surface area contributed by atoms with Gasteiger partial charge in [-0.3, -0.25) is 0 Å². The predicted octanol–water partition coefficient (Wildman–Crippen LogP) is 2.09. The Labute approximate surface area is 143 Å². The maximum Gasteiger partial charge on any atom is 0.243 e. The van der Waals surface area contributed by atoms with Crippen molar-refractivity contribution < 1.29 is 17.5 Å². The van der Waals surface area contributed by atoms with E-state index in [0.717, 1.165) is 38.8 Å². The maximum absolute atomic E-state index is 13.0. The molecule has 2 saturated heterocycles. The molecule has 2 heterocycles. The number of nitrogens with zero attached hydrogens (tertiary/aromatic N) is 2. The van der Waals surface area contributed by atoms with Crippen LogP contribution in [0, 0.1) is 5.82 Å². The Morgan fingerprint density at radius 3 is 2.12 bits per heavy atom. The van der Waals surface area contributed by atoms with Gasteiger partial charge in [0.15, 0.2) is 0 Å². The third-order valence-electron chi connectivity index (χ3n) is 5.20. The molecule has 0 atom stereocenters. The predicted molar refractivity (Wildman–Crippen MR) is 89.8 cm³/mol. The molecular formula is C17H25FN2O3S. The Hall–Kier alpha value is -1.02. The molecule has 3 rings (SSSR count). The smallest absolute Gasteiger partial charge is 0.243 e. The summed E-state index contributed by atoms with van der Waals surface area (Å²) in [5.74, 6) is -0.424. The summed E-state index contributed by atoms with van der Waals surface area (Å²) in [5, 5.41) is 0. The van der Waals surface area contributed by atoms with Crippen LogP contribution in [0.3, 0.4) is 0 Å². The Balaban J connectivity index is 1.58.